The maximum Gasteiger partial charge on any atom is 0.338 e. The number of aliphatic hydroxyl groups excluding tert-OH is 1. The molecule has 0 aliphatic carbocycles. The van der Waals surface area contributed by atoms with Crippen molar-refractivity contribution in [3.8, 4) is 0 Å². The average molecular weight is 383 g/mol. The van der Waals surface area contributed by atoms with Crippen molar-refractivity contribution in [1.29, 1.82) is 0 Å². The minimum Gasteiger partial charge on any atom is -0.458 e. The standard InChI is InChI=1S/C20H17NO7/c22-12-20(13-27-18(23)15-4-2-1-3-5-15)11-16(19(24)28-20)10-14-6-8-17(9-7-14)21(25)26/h1-10,22H,11-13H2/b16-10-. The zero-order valence-electron chi connectivity index (χ0n) is 14.7. The first-order valence-corrected chi connectivity index (χ1v) is 8.44. The molecule has 0 saturated carbocycles. The van der Waals surface area contributed by atoms with Crippen molar-refractivity contribution >= 4 is 23.7 Å². The van der Waals surface area contributed by atoms with Crippen molar-refractivity contribution < 1.29 is 29.1 Å². The van der Waals surface area contributed by atoms with Gasteiger partial charge in [0.25, 0.3) is 5.69 Å². The van der Waals surface area contributed by atoms with Gasteiger partial charge in [0.15, 0.2) is 5.60 Å². The van der Waals surface area contributed by atoms with Gasteiger partial charge in [0, 0.05) is 24.1 Å². The van der Waals surface area contributed by atoms with E-state index in [1.165, 1.54) is 30.3 Å². The van der Waals surface area contributed by atoms with E-state index in [9.17, 15) is 24.8 Å². The molecule has 1 aliphatic rings. The molecule has 1 N–H and O–H groups in total. The summed E-state index contributed by atoms with van der Waals surface area (Å²) < 4.78 is 10.5. The van der Waals surface area contributed by atoms with Crippen molar-refractivity contribution in [2.45, 2.75) is 12.0 Å². The van der Waals surface area contributed by atoms with Crippen LogP contribution >= 0.6 is 0 Å². The Balaban J connectivity index is 1.71. The van der Waals surface area contributed by atoms with E-state index >= 15 is 0 Å². The van der Waals surface area contributed by atoms with Crippen LogP contribution in [0.15, 0.2) is 60.2 Å². The number of rotatable bonds is 6. The van der Waals surface area contributed by atoms with E-state index in [2.05, 4.69) is 0 Å². The molecule has 2 aromatic carbocycles. The molecule has 1 aliphatic heterocycles. The Hall–Kier alpha value is -3.52. The minimum atomic E-state index is -1.35. The lowest BCUT2D eigenvalue weighted by Crippen LogP contribution is -2.39. The first-order chi connectivity index (χ1) is 13.4. The summed E-state index contributed by atoms with van der Waals surface area (Å²) >= 11 is 0. The normalized spacial score (nSPS) is 20.0. The van der Waals surface area contributed by atoms with Crippen LogP contribution in [0.1, 0.15) is 22.3 Å². The van der Waals surface area contributed by atoms with E-state index < -0.39 is 29.1 Å². The Morgan fingerprint density at radius 2 is 1.89 bits per heavy atom. The van der Waals surface area contributed by atoms with Crippen LogP contribution in [0, 0.1) is 10.1 Å². The first kappa shape index (κ1) is 19.2. The predicted molar refractivity (Wildman–Crippen MR) is 98.3 cm³/mol. The van der Waals surface area contributed by atoms with Crippen LogP contribution in [0.25, 0.3) is 6.08 Å². The summed E-state index contributed by atoms with van der Waals surface area (Å²) in [7, 11) is 0. The van der Waals surface area contributed by atoms with Gasteiger partial charge in [-0.3, -0.25) is 10.1 Å². The molecule has 1 heterocycles. The Kier molecular flexibility index (Phi) is 5.51. The molecular formula is C20H17NO7. The number of non-ortho nitro benzene ring substituents is 1. The summed E-state index contributed by atoms with van der Waals surface area (Å²) in [6.07, 6.45) is 1.57. The SMILES string of the molecule is O=C1OC(CO)(COC(=O)c2ccccc2)C/C1=C/c1ccc([N+](=O)[O-])cc1. The van der Waals surface area contributed by atoms with Crippen LogP contribution < -0.4 is 0 Å². The summed E-state index contributed by atoms with van der Waals surface area (Å²) in [4.78, 5) is 34.5. The number of carbonyl (C=O) groups excluding carboxylic acids is 2. The van der Waals surface area contributed by atoms with Gasteiger partial charge in [-0.2, -0.15) is 0 Å². The molecule has 1 saturated heterocycles. The number of benzene rings is 2. The fourth-order valence-corrected chi connectivity index (χ4v) is 2.79. The van der Waals surface area contributed by atoms with Crippen molar-refractivity contribution in [3.05, 3.63) is 81.4 Å². The third kappa shape index (κ3) is 4.24. The number of aliphatic hydroxyl groups is 1. The molecule has 0 radical (unpaired) electrons. The highest BCUT2D eigenvalue weighted by molar-refractivity contribution is 5.96. The van der Waals surface area contributed by atoms with E-state index in [1.807, 2.05) is 0 Å². The molecule has 2 aromatic rings. The second-order valence-electron chi connectivity index (χ2n) is 6.37. The second-order valence-corrected chi connectivity index (χ2v) is 6.37. The van der Waals surface area contributed by atoms with Gasteiger partial charge >= 0.3 is 11.9 Å². The van der Waals surface area contributed by atoms with Gasteiger partial charge in [0.05, 0.1) is 17.1 Å². The molecular weight excluding hydrogens is 366 g/mol. The molecule has 1 atom stereocenters. The van der Waals surface area contributed by atoms with Crippen molar-refractivity contribution in [2.24, 2.45) is 0 Å². The fourth-order valence-electron chi connectivity index (χ4n) is 2.79. The summed E-state index contributed by atoms with van der Waals surface area (Å²) in [5.41, 5.74) is -0.213. The lowest BCUT2D eigenvalue weighted by atomic mass is 9.98. The number of hydrogen-bond donors (Lipinski definition) is 1. The minimum absolute atomic E-state index is 0.0430. The van der Waals surface area contributed by atoms with Crippen LogP contribution in [-0.2, 0) is 14.3 Å². The third-order valence-electron chi connectivity index (χ3n) is 4.29. The van der Waals surface area contributed by atoms with Crippen molar-refractivity contribution in [3.63, 3.8) is 0 Å². The molecule has 144 valence electrons. The Labute approximate surface area is 160 Å². The zero-order chi connectivity index (χ0) is 20.1. The Morgan fingerprint density at radius 3 is 2.50 bits per heavy atom. The van der Waals surface area contributed by atoms with E-state index in [1.54, 1.807) is 30.3 Å². The number of nitro benzene ring substituents is 1. The van der Waals surface area contributed by atoms with E-state index in [-0.39, 0.29) is 24.3 Å². The quantitative estimate of drug-likeness (QED) is 0.353. The number of carbonyl (C=O) groups is 2. The van der Waals surface area contributed by atoms with Crippen molar-refractivity contribution in [1.82, 2.24) is 0 Å². The molecule has 3 rings (SSSR count). The summed E-state index contributed by atoms with van der Waals surface area (Å²) in [5, 5.41) is 20.4. The number of nitrogens with zero attached hydrogens (tertiary/aromatic N) is 1. The van der Waals surface area contributed by atoms with E-state index in [4.69, 9.17) is 9.47 Å². The maximum absolute atomic E-state index is 12.2. The molecule has 0 bridgehead atoms. The largest absolute Gasteiger partial charge is 0.458 e. The highest BCUT2D eigenvalue weighted by atomic mass is 16.6. The maximum atomic E-state index is 12.2. The summed E-state index contributed by atoms with van der Waals surface area (Å²) in [6.45, 7) is -0.807. The van der Waals surface area contributed by atoms with E-state index in [0.717, 1.165) is 0 Å². The molecule has 8 heteroatoms. The molecule has 0 spiro atoms. The Bertz CT molecular complexity index is 921. The van der Waals surface area contributed by atoms with Crippen LogP contribution in [-0.4, -0.2) is 40.8 Å². The highest BCUT2D eigenvalue weighted by Crippen LogP contribution is 2.32. The molecule has 1 unspecified atom stereocenters. The van der Waals surface area contributed by atoms with Gasteiger partial charge in [-0.1, -0.05) is 18.2 Å². The zero-order valence-corrected chi connectivity index (χ0v) is 14.7. The monoisotopic (exact) mass is 383 g/mol. The lowest BCUT2D eigenvalue weighted by Gasteiger charge is -2.24. The summed E-state index contributed by atoms with van der Waals surface area (Å²) in [6, 6.07) is 14.0. The lowest BCUT2D eigenvalue weighted by molar-refractivity contribution is -0.384. The number of ether oxygens (including phenoxy) is 2. The number of cyclic esters (lactones) is 1. The molecule has 1 fully saturated rings. The van der Waals surface area contributed by atoms with Crippen molar-refractivity contribution in [2.75, 3.05) is 13.2 Å². The molecule has 0 aromatic heterocycles. The van der Waals surface area contributed by atoms with Crippen LogP contribution in [0.4, 0.5) is 5.69 Å². The Morgan fingerprint density at radius 1 is 1.21 bits per heavy atom. The van der Waals surface area contributed by atoms with Gasteiger partial charge in [-0.15, -0.1) is 0 Å². The third-order valence-corrected chi connectivity index (χ3v) is 4.29. The van der Waals surface area contributed by atoms with Crippen LogP contribution in [0.5, 0.6) is 0 Å². The van der Waals surface area contributed by atoms with Gasteiger partial charge in [-0.05, 0) is 35.9 Å². The van der Waals surface area contributed by atoms with Gasteiger partial charge in [-0.25, -0.2) is 9.59 Å². The number of nitro groups is 1. The number of hydrogen-bond acceptors (Lipinski definition) is 7. The molecule has 28 heavy (non-hydrogen) atoms. The second kappa shape index (κ2) is 8.01. The highest BCUT2D eigenvalue weighted by Gasteiger charge is 2.44. The molecule has 0 amide bonds. The average Bonchev–Trinajstić information content (AvgIpc) is 3.03. The van der Waals surface area contributed by atoms with Gasteiger partial charge in [0.2, 0.25) is 0 Å². The fraction of sp³-hybridized carbons (Fsp3) is 0.200. The number of esters is 2. The first-order valence-electron chi connectivity index (χ1n) is 8.44. The van der Waals surface area contributed by atoms with Gasteiger partial charge < -0.3 is 14.6 Å². The topological polar surface area (TPSA) is 116 Å². The predicted octanol–water partition coefficient (Wildman–Crippen LogP) is 2.51. The molecule has 8 nitrogen and oxygen atoms in total. The summed E-state index contributed by atoms with van der Waals surface area (Å²) in [5.74, 6) is -1.22. The van der Waals surface area contributed by atoms with Crippen LogP contribution in [0.2, 0.25) is 0 Å². The van der Waals surface area contributed by atoms with E-state index in [0.29, 0.717) is 11.1 Å². The van der Waals surface area contributed by atoms with Gasteiger partial charge in [0.1, 0.15) is 6.61 Å². The smallest absolute Gasteiger partial charge is 0.338 e. The van der Waals surface area contributed by atoms with Crippen LogP contribution in [0.3, 0.4) is 0 Å².